The molecule has 3 aromatic carbocycles. The number of fused-ring (bicyclic) bond motifs is 1. The van der Waals surface area contributed by atoms with Crippen LogP contribution in [0.25, 0.3) is 11.0 Å². The first kappa shape index (κ1) is 24.3. The second kappa shape index (κ2) is 10.7. The Morgan fingerprint density at radius 3 is 2.29 bits per heavy atom. The van der Waals surface area contributed by atoms with Crippen molar-refractivity contribution in [2.75, 3.05) is 6.61 Å². The minimum Gasteiger partial charge on any atom is -0.494 e. The number of ether oxygens (including phenoxy) is 1. The van der Waals surface area contributed by atoms with Gasteiger partial charge >= 0.3 is 0 Å². The zero-order valence-electron chi connectivity index (χ0n) is 20.9. The van der Waals surface area contributed by atoms with Crippen LogP contribution in [0.3, 0.4) is 0 Å². The fourth-order valence-corrected chi connectivity index (χ4v) is 4.73. The molecular weight excluding hydrogens is 440 g/mol. The van der Waals surface area contributed by atoms with Gasteiger partial charge in [-0.15, -0.1) is 0 Å². The van der Waals surface area contributed by atoms with E-state index in [0.29, 0.717) is 12.5 Å². The summed E-state index contributed by atoms with van der Waals surface area (Å²) >= 11 is 6.30. The summed E-state index contributed by atoms with van der Waals surface area (Å²) < 4.78 is 8.44. The van der Waals surface area contributed by atoms with Gasteiger partial charge in [-0.1, -0.05) is 68.8 Å². The third-order valence-corrected chi connectivity index (χ3v) is 7.00. The second-order valence-electron chi connectivity index (χ2n) is 9.74. The van der Waals surface area contributed by atoms with Gasteiger partial charge in [0, 0.05) is 17.5 Å². The van der Waals surface area contributed by atoms with Crippen molar-refractivity contribution in [2.45, 2.75) is 59.9 Å². The number of imidazole rings is 1. The fourth-order valence-electron chi connectivity index (χ4n) is 4.62. The van der Waals surface area contributed by atoms with E-state index in [-0.39, 0.29) is 5.92 Å². The first-order valence-corrected chi connectivity index (χ1v) is 12.6. The predicted molar refractivity (Wildman–Crippen MR) is 143 cm³/mol. The van der Waals surface area contributed by atoms with Crippen LogP contribution < -0.4 is 4.74 Å². The normalized spacial score (nSPS) is 12.4. The number of halogens is 1. The predicted octanol–water partition coefficient (Wildman–Crippen LogP) is 8.13. The molecule has 0 saturated carbocycles. The van der Waals surface area contributed by atoms with Gasteiger partial charge in [-0.3, -0.25) is 0 Å². The lowest BCUT2D eigenvalue weighted by Crippen LogP contribution is -2.11. The number of aromatic nitrogens is 2. The van der Waals surface area contributed by atoms with Crippen LogP contribution in [-0.2, 0) is 13.0 Å². The lowest BCUT2D eigenvalue weighted by molar-refractivity contribution is 0.301. The summed E-state index contributed by atoms with van der Waals surface area (Å²) in [6, 6.07) is 21.5. The van der Waals surface area contributed by atoms with Crippen LogP contribution >= 0.6 is 11.6 Å². The lowest BCUT2D eigenvalue weighted by atomic mass is 9.96. The van der Waals surface area contributed by atoms with Crippen LogP contribution in [0, 0.1) is 19.8 Å². The highest BCUT2D eigenvalue weighted by Gasteiger charge is 2.18. The highest BCUT2D eigenvalue weighted by molar-refractivity contribution is 6.32. The third kappa shape index (κ3) is 5.47. The number of benzene rings is 3. The Labute approximate surface area is 208 Å². The highest BCUT2D eigenvalue weighted by atomic mass is 35.5. The van der Waals surface area contributed by atoms with Gasteiger partial charge in [-0.25, -0.2) is 4.98 Å². The van der Waals surface area contributed by atoms with Crippen molar-refractivity contribution in [3.05, 3.63) is 93.8 Å². The van der Waals surface area contributed by atoms with Crippen molar-refractivity contribution in [1.29, 1.82) is 0 Å². The van der Waals surface area contributed by atoms with Crippen molar-refractivity contribution in [2.24, 2.45) is 5.92 Å². The van der Waals surface area contributed by atoms with Crippen molar-refractivity contribution in [1.82, 2.24) is 9.55 Å². The Morgan fingerprint density at radius 1 is 0.941 bits per heavy atom. The van der Waals surface area contributed by atoms with E-state index in [2.05, 4.69) is 73.9 Å². The van der Waals surface area contributed by atoms with Gasteiger partial charge < -0.3 is 9.30 Å². The third-order valence-electron chi connectivity index (χ3n) is 6.40. The number of rotatable bonds is 9. The first-order valence-electron chi connectivity index (χ1n) is 12.3. The Bertz CT molecular complexity index is 1230. The van der Waals surface area contributed by atoms with Crippen LogP contribution in [-0.4, -0.2) is 16.2 Å². The van der Waals surface area contributed by atoms with Gasteiger partial charge in [0.1, 0.15) is 11.6 Å². The molecule has 1 atom stereocenters. The fraction of sp³-hybridized carbons (Fsp3) is 0.367. The maximum absolute atomic E-state index is 6.30. The van der Waals surface area contributed by atoms with Crippen LogP contribution in [0.2, 0.25) is 5.02 Å². The largest absolute Gasteiger partial charge is 0.494 e. The molecule has 4 heteroatoms. The average molecular weight is 475 g/mol. The highest BCUT2D eigenvalue weighted by Crippen LogP contribution is 2.29. The van der Waals surface area contributed by atoms with E-state index >= 15 is 0 Å². The first-order chi connectivity index (χ1) is 16.3. The summed E-state index contributed by atoms with van der Waals surface area (Å²) in [4.78, 5) is 5.04. The minimum absolute atomic E-state index is 0.211. The monoisotopic (exact) mass is 474 g/mol. The molecule has 0 aliphatic carbocycles. The molecule has 0 radical (unpaired) electrons. The number of nitrogens with zero attached hydrogens (tertiary/aromatic N) is 2. The zero-order valence-corrected chi connectivity index (χ0v) is 21.7. The summed E-state index contributed by atoms with van der Waals surface area (Å²) in [5, 5.41) is 0.813. The van der Waals surface area contributed by atoms with Crippen LogP contribution in [0.5, 0.6) is 5.75 Å². The molecule has 0 amide bonds. The van der Waals surface area contributed by atoms with Crippen molar-refractivity contribution < 1.29 is 4.74 Å². The average Bonchev–Trinajstić information content (AvgIpc) is 3.18. The molecule has 1 heterocycles. The van der Waals surface area contributed by atoms with Gasteiger partial charge in [0.25, 0.3) is 0 Å². The number of hydrogen-bond donors (Lipinski definition) is 0. The Hall–Kier alpha value is -2.78. The summed E-state index contributed by atoms with van der Waals surface area (Å²) in [7, 11) is 0. The molecule has 0 aliphatic rings. The molecule has 1 aromatic heterocycles. The molecule has 1 unspecified atom stereocenters. The standard InChI is InChI=1S/C30H35ClN2O/c1-20(2)17-24-11-13-25(14-12-24)23(5)30-32-27-9-6-7-10-28(27)33(30)15-8-16-34-26-18-21(3)29(31)22(4)19-26/h6-7,9-14,18-20,23H,8,15-17H2,1-5H3. The second-order valence-corrected chi connectivity index (χ2v) is 10.1. The lowest BCUT2D eigenvalue weighted by Gasteiger charge is -2.16. The smallest absolute Gasteiger partial charge is 0.119 e. The van der Waals surface area contributed by atoms with E-state index in [9.17, 15) is 0 Å². The summed E-state index contributed by atoms with van der Waals surface area (Å²) in [6.45, 7) is 12.3. The van der Waals surface area contributed by atoms with E-state index in [4.69, 9.17) is 21.3 Å². The maximum atomic E-state index is 6.30. The van der Waals surface area contributed by atoms with Crippen molar-refractivity contribution in [3.8, 4) is 5.75 Å². The molecule has 0 saturated heterocycles. The van der Waals surface area contributed by atoms with Gasteiger partial charge in [0.2, 0.25) is 0 Å². The summed E-state index contributed by atoms with van der Waals surface area (Å²) in [5.41, 5.74) is 7.02. The minimum atomic E-state index is 0.211. The number of aryl methyl sites for hydroxylation is 3. The molecule has 4 rings (SSSR count). The quantitative estimate of drug-likeness (QED) is 0.229. The van der Waals surface area contributed by atoms with Gasteiger partial charge in [-0.2, -0.15) is 0 Å². The molecule has 178 valence electrons. The zero-order chi connectivity index (χ0) is 24.2. The van der Waals surface area contributed by atoms with E-state index in [0.717, 1.165) is 52.6 Å². The van der Waals surface area contributed by atoms with Gasteiger partial charge in [0.05, 0.1) is 17.6 Å². The molecular formula is C30H35ClN2O. The number of para-hydroxylation sites is 2. The molecule has 0 aliphatic heterocycles. The topological polar surface area (TPSA) is 27.1 Å². The molecule has 34 heavy (non-hydrogen) atoms. The maximum Gasteiger partial charge on any atom is 0.119 e. The molecule has 0 spiro atoms. The summed E-state index contributed by atoms with van der Waals surface area (Å²) in [5.74, 6) is 2.86. The van der Waals surface area contributed by atoms with E-state index in [1.54, 1.807) is 0 Å². The van der Waals surface area contributed by atoms with Crippen LogP contribution in [0.4, 0.5) is 0 Å². The molecule has 0 bridgehead atoms. The van der Waals surface area contributed by atoms with Gasteiger partial charge in [0.15, 0.2) is 0 Å². The molecule has 3 nitrogen and oxygen atoms in total. The SMILES string of the molecule is Cc1cc(OCCCn2c(C(C)c3ccc(CC(C)C)cc3)nc3ccccc32)cc(C)c1Cl. The Kier molecular flexibility index (Phi) is 7.63. The van der Waals surface area contributed by atoms with E-state index in [1.165, 1.54) is 16.6 Å². The van der Waals surface area contributed by atoms with E-state index < -0.39 is 0 Å². The van der Waals surface area contributed by atoms with Crippen LogP contribution in [0.1, 0.15) is 61.2 Å². The van der Waals surface area contributed by atoms with Crippen molar-refractivity contribution in [3.63, 3.8) is 0 Å². The summed E-state index contributed by atoms with van der Waals surface area (Å²) in [6.07, 6.45) is 2.01. The van der Waals surface area contributed by atoms with E-state index in [1.807, 2.05) is 26.0 Å². The van der Waals surface area contributed by atoms with Crippen LogP contribution in [0.15, 0.2) is 60.7 Å². The Balaban J connectivity index is 1.51. The molecule has 4 aromatic rings. The Morgan fingerprint density at radius 2 is 1.62 bits per heavy atom. The van der Waals surface area contributed by atoms with Crippen molar-refractivity contribution >= 4 is 22.6 Å². The molecule has 0 N–H and O–H groups in total. The molecule has 0 fully saturated rings. The van der Waals surface area contributed by atoms with Gasteiger partial charge in [-0.05, 0) is 79.1 Å². The number of hydrogen-bond acceptors (Lipinski definition) is 2.